The maximum absolute atomic E-state index is 13.6. The fourth-order valence-corrected chi connectivity index (χ4v) is 4.39. The molecular weight excluding hydrogens is 670 g/mol. The van der Waals surface area contributed by atoms with Crippen LogP contribution in [0.25, 0.3) is 0 Å². The number of anilines is 1. The number of carbonyl (C=O) groups is 3. The lowest BCUT2D eigenvalue weighted by molar-refractivity contribution is -0.192. The summed E-state index contributed by atoms with van der Waals surface area (Å²) in [6, 6.07) is 28.0. The summed E-state index contributed by atoms with van der Waals surface area (Å²) in [6.07, 6.45) is -10.1. The minimum Gasteiger partial charge on any atom is -0.475 e. The lowest BCUT2D eigenvalue weighted by atomic mass is 10.1. The molecule has 50 heavy (non-hydrogen) atoms. The van der Waals surface area contributed by atoms with E-state index in [-0.39, 0.29) is 31.5 Å². The van der Waals surface area contributed by atoms with Crippen molar-refractivity contribution in [3.63, 3.8) is 0 Å². The van der Waals surface area contributed by atoms with Crippen molar-refractivity contribution in [2.75, 3.05) is 4.90 Å². The molecule has 0 atom stereocenters. The summed E-state index contributed by atoms with van der Waals surface area (Å²) in [7, 11) is 0. The third-order valence-electron chi connectivity index (χ3n) is 6.85. The molecule has 9 nitrogen and oxygen atoms in total. The minimum absolute atomic E-state index is 0.0677. The highest BCUT2D eigenvalue weighted by molar-refractivity contribution is 5.96. The van der Waals surface area contributed by atoms with Crippen molar-refractivity contribution in [1.29, 1.82) is 5.26 Å². The van der Waals surface area contributed by atoms with Crippen LogP contribution in [-0.4, -0.2) is 29.1 Å². The Kier molecular flexibility index (Phi) is 13.5. The van der Waals surface area contributed by atoms with Gasteiger partial charge in [-0.1, -0.05) is 54.6 Å². The highest BCUT2D eigenvalue weighted by Gasteiger charge is 2.38. The number of benzene rings is 4. The first kappa shape index (κ1) is 38.6. The molecular formula is C35H30F6N4O5. The van der Waals surface area contributed by atoms with E-state index >= 15 is 0 Å². The number of nitrogens with two attached hydrogens (primary N) is 1. The average molecular weight is 701 g/mol. The van der Waals surface area contributed by atoms with E-state index in [2.05, 4.69) is 11.4 Å². The number of carboxylic acids is 1. The molecule has 4 N–H and O–H groups in total. The van der Waals surface area contributed by atoms with Gasteiger partial charge in [-0.25, -0.2) is 4.79 Å². The molecule has 4 aromatic carbocycles. The highest BCUT2D eigenvalue weighted by Crippen LogP contribution is 2.34. The number of hydrogen-bond donors (Lipinski definition) is 3. The Morgan fingerprint density at radius 2 is 1.48 bits per heavy atom. The van der Waals surface area contributed by atoms with Gasteiger partial charge in [-0.2, -0.15) is 31.6 Å². The summed E-state index contributed by atoms with van der Waals surface area (Å²) in [4.78, 5) is 36.6. The molecule has 0 saturated heterocycles. The van der Waals surface area contributed by atoms with Crippen molar-refractivity contribution in [3.8, 4) is 17.6 Å². The molecule has 0 aliphatic heterocycles. The number of alkyl halides is 6. The van der Waals surface area contributed by atoms with Crippen LogP contribution in [0.2, 0.25) is 0 Å². The van der Waals surface area contributed by atoms with Crippen molar-refractivity contribution >= 4 is 23.5 Å². The number of para-hydroxylation sites is 2. The number of aliphatic carboxylic acids is 1. The zero-order chi connectivity index (χ0) is 36.9. The smallest absolute Gasteiger partial charge is 0.475 e. The van der Waals surface area contributed by atoms with E-state index in [1.807, 2.05) is 12.1 Å². The van der Waals surface area contributed by atoms with Crippen molar-refractivity contribution < 1.29 is 50.6 Å². The largest absolute Gasteiger partial charge is 0.490 e. The number of nitriles is 1. The molecule has 2 amide bonds. The van der Waals surface area contributed by atoms with Crippen LogP contribution in [0.1, 0.15) is 40.7 Å². The topological polar surface area (TPSA) is 146 Å². The second-order valence-corrected chi connectivity index (χ2v) is 10.4. The number of halogens is 6. The van der Waals surface area contributed by atoms with Crippen LogP contribution < -0.4 is 20.7 Å². The molecule has 0 radical (unpaired) electrons. The maximum atomic E-state index is 13.6. The number of ether oxygens (including phenoxy) is 1. The predicted molar refractivity (Wildman–Crippen MR) is 169 cm³/mol. The van der Waals surface area contributed by atoms with E-state index in [0.29, 0.717) is 29.3 Å². The summed E-state index contributed by atoms with van der Waals surface area (Å²) < 4.78 is 77.8. The van der Waals surface area contributed by atoms with E-state index in [0.717, 1.165) is 17.2 Å². The van der Waals surface area contributed by atoms with Gasteiger partial charge in [0.15, 0.2) is 5.75 Å². The van der Waals surface area contributed by atoms with Crippen LogP contribution >= 0.6 is 0 Å². The van der Waals surface area contributed by atoms with Crippen molar-refractivity contribution in [3.05, 3.63) is 125 Å². The van der Waals surface area contributed by atoms with Gasteiger partial charge in [0.05, 0.1) is 29.4 Å². The highest BCUT2D eigenvalue weighted by atomic mass is 19.4. The second-order valence-electron chi connectivity index (χ2n) is 10.4. The summed E-state index contributed by atoms with van der Waals surface area (Å²) in [5, 5.41) is 18.8. The number of nitrogens with zero attached hydrogens (tertiary/aromatic N) is 2. The van der Waals surface area contributed by atoms with E-state index in [9.17, 15) is 35.9 Å². The van der Waals surface area contributed by atoms with Crippen LogP contribution in [0.3, 0.4) is 0 Å². The summed E-state index contributed by atoms with van der Waals surface area (Å²) in [5.41, 5.74) is 7.39. The van der Waals surface area contributed by atoms with Gasteiger partial charge in [-0.15, -0.1) is 0 Å². The fraction of sp³-hybridized carbons (Fsp3) is 0.200. The molecule has 0 bridgehead atoms. The molecule has 4 rings (SSSR count). The van der Waals surface area contributed by atoms with Crippen molar-refractivity contribution in [2.24, 2.45) is 5.73 Å². The molecule has 0 spiro atoms. The molecule has 0 fully saturated rings. The van der Waals surface area contributed by atoms with Gasteiger partial charge in [0.25, 0.3) is 0 Å². The van der Waals surface area contributed by atoms with Gasteiger partial charge >= 0.3 is 18.3 Å². The predicted octanol–water partition coefficient (Wildman–Crippen LogP) is 7.09. The fourth-order valence-electron chi connectivity index (χ4n) is 4.39. The standard InChI is InChI=1S/C33H29F3N4O3.C2HF3O2/c34-33(35,36)28-9-2-1-7-26(28)21-39-31(41)16-17-32(42)40(22-24-14-12-23(19-37)13-15-24)29-10-3-4-11-30(29)43-27-8-5-6-25(18-27)20-38;3-2(4,5)1(6)7/h1-15,18H,16-17,20-22,38H2,(H,39,41);(H,6,7). The number of rotatable bonds is 11. The molecule has 0 unspecified atom stereocenters. The normalized spacial score (nSPS) is 11.0. The van der Waals surface area contributed by atoms with Gasteiger partial charge in [-0.05, 0) is 59.2 Å². The van der Waals surface area contributed by atoms with Crippen LogP contribution in [-0.2, 0) is 40.2 Å². The molecule has 262 valence electrons. The summed E-state index contributed by atoms with van der Waals surface area (Å²) in [6.45, 7) is 0.122. The van der Waals surface area contributed by atoms with Crippen molar-refractivity contribution in [2.45, 2.75) is 44.8 Å². The third kappa shape index (κ3) is 11.7. The van der Waals surface area contributed by atoms with Crippen molar-refractivity contribution in [1.82, 2.24) is 5.32 Å². The number of amides is 2. The summed E-state index contributed by atoms with van der Waals surface area (Å²) in [5.74, 6) is -2.80. The zero-order valence-corrected chi connectivity index (χ0v) is 26.1. The number of carbonyl (C=O) groups excluding carboxylic acids is 2. The number of carboxylic acid groups (broad SMARTS) is 1. The Labute approximate surface area is 282 Å². The first-order valence-corrected chi connectivity index (χ1v) is 14.7. The Balaban J connectivity index is 0.000000872. The Morgan fingerprint density at radius 1 is 0.840 bits per heavy atom. The monoisotopic (exact) mass is 700 g/mol. The second kappa shape index (κ2) is 17.5. The van der Waals surface area contributed by atoms with Gasteiger partial charge in [0.1, 0.15) is 5.75 Å². The Morgan fingerprint density at radius 3 is 2.10 bits per heavy atom. The van der Waals surface area contributed by atoms with E-state index in [1.54, 1.807) is 60.7 Å². The summed E-state index contributed by atoms with van der Waals surface area (Å²) >= 11 is 0. The molecule has 4 aromatic rings. The van der Waals surface area contributed by atoms with Crippen LogP contribution in [0.15, 0.2) is 97.1 Å². The Bertz CT molecular complexity index is 1820. The van der Waals surface area contributed by atoms with Gasteiger partial charge in [0, 0.05) is 25.9 Å². The van der Waals surface area contributed by atoms with Crippen LogP contribution in [0.5, 0.6) is 11.5 Å². The molecule has 0 aromatic heterocycles. The average Bonchev–Trinajstić information content (AvgIpc) is 3.09. The third-order valence-corrected chi connectivity index (χ3v) is 6.85. The van der Waals surface area contributed by atoms with E-state index in [4.69, 9.17) is 25.6 Å². The van der Waals surface area contributed by atoms with Gasteiger partial charge in [0.2, 0.25) is 11.8 Å². The lowest BCUT2D eigenvalue weighted by Crippen LogP contribution is -2.32. The first-order valence-electron chi connectivity index (χ1n) is 14.7. The molecule has 0 aliphatic rings. The zero-order valence-electron chi connectivity index (χ0n) is 26.1. The molecule has 0 heterocycles. The van der Waals surface area contributed by atoms with Gasteiger partial charge < -0.3 is 25.8 Å². The first-order chi connectivity index (χ1) is 23.6. The molecule has 15 heteroatoms. The quantitative estimate of drug-likeness (QED) is 0.142. The van der Waals surface area contributed by atoms with Crippen LogP contribution in [0, 0.1) is 11.3 Å². The number of hydrogen-bond acceptors (Lipinski definition) is 6. The van der Waals surface area contributed by atoms with Crippen LogP contribution in [0.4, 0.5) is 32.0 Å². The lowest BCUT2D eigenvalue weighted by Gasteiger charge is -2.25. The Hall–Kier alpha value is -5.88. The SMILES string of the molecule is N#Cc1ccc(CN(C(=O)CCC(=O)NCc2ccccc2C(F)(F)F)c2ccccc2Oc2cccc(CN)c2)cc1.O=C(O)C(F)(F)F. The van der Waals surface area contributed by atoms with E-state index < -0.39 is 35.7 Å². The number of nitrogens with one attached hydrogen (secondary N) is 1. The minimum atomic E-state index is -5.08. The molecule has 0 aliphatic carbocycles. The van der Waals surface area contributed by atoms with E-state index in [1.165, 1.54) is 23.1 Å². The van der Waals surface area contributed by atoms with Gasteiger partial charge in [-0.3, -0.25) is 9.59 Å². The maximum Gasteiger partial charge on any atom is 0.490 e. The molecule has 0 saturated carbocycles.